The van der Waals surface area contributed by atoms with Crippen LogP contribution in [-0.4, -0.2) is 14.8 Å². The summed E-state index contributed by atoms with van der Waals surface area (Å²) in [5.41, 5.74) is 2.16. The third kappa shape index (κ3) is 2.58. The molecule has 0 aliphatic heterocycles. The lowest BCUT2D eigenvalue weighted by Gasteiger charge is -2.17. The minimum atomic E-state index is -1.42. The van der Waals surface area contributed by atoms with Crippen molar-refractivity contribution >= 4 is 10.0 Å². The van der Waals surface area contributed by atoms with Gasteiger partial charge in [-0.15, -0.1) is 0 Å². The lowest BCUT2D eigenvalue weighted by Crippen LogP contribution is -2.09. The quantitative estimate of drug-likeness (QED) is 0.811. The summed E-state index contributed by atoms with van der Waals surface area (Å²) in [6, 6.07) is 19.9. The maximum Gasteiger partial charge on any atom is 0.302 e. The number of rotatable bonds is 4. The molecule has 0 radical (unpaired) electrons. The molecule has 2 aromatic rings. The van der Waals surface area contributed by atoms with Crippen LogP contribution >= 0.6 is 0 Å². The molecule has 2 aromatic carbocycles. The maximum atomic E-state index is 9.08. The highest BCUT2D eigenvalue weighted by atomic mass is 28.2. The van der Waals surface area contributed by atoms with E-state index in [-0.39, 0.29) is 6.10 Å². The van der Waals surface area contributed by atoms with Crippen LogP contribution in [0, 0.1) is 0 Å². The van der Waals surface area contributed by atoms with Crippen LogP contribution in [0.15, 0.2) is 60.7 Å². The first-order valence-electron chi connectivity index (χ1n) is 5.24. The standard InChI is InChI=1S/C13H14O2Si/c14-16-15-13(11-7-3-1-4-8-11)12-9-5-2-6-10-12/h1-10,13-14H,16H2. The van der Waals surface area contributed by atoms with Gasteiger partial charge in [-0.3, -0.25) is 0 Å². The molecule has 0 unspecified atom stereocenters. The molecule has 0 aliphatic rings. The van der Waals surface area contributed by atoms with Gasteiger partial charge in [-0.05, 0) is 11.1 Å². The molecule has 3 heteroatoms. The van der Waals surface area contributed by atoms with Crippen LogP contribution in [0.3, 0.4) is 0 Å². The fourth-order valence-corrected chi connectivity index (χ4v) is 2.25. The summed E-state index contributed by atoms with van der Waals surface area (Å²) in [6.45, 7) is 0. The molecule has 0 heterocycles. The molecule has 0 aliphatic carbocycles. The van der Waals surface area contributed by atoms with E-state index in [0.29, 0.717) is 0 Å². The first-order chi connectivity index (χ1) is 7.92. The second-order valence-corrected chi connectivity index (χ2v) is 4.09. The van der Waals surface area contributed by atoms with Gasteiger partial charge < -0.3 is 9.22 Å². The van der Waals surface area contributed by atoms with Crippen molar-refractivity contribution in [1.29, 1.82) is 0 Å². The van der Waals surface area contributed by atoms with Crippen LogP contribution in [0.2, 0.25) is 0 Å². The van der Waals surface area contributed by atoms with Crippen LogP contribution in [-0.2, 0) is 4.43 Å². The summed E-state index contributed by atoms with van der Waals surface area (Å²) in [5, 5.41) is 0. The first kappa shape index (κ1) is 11.1. The molecular weight excluding hydrogens is 216 g/mol. The summed E-state index contributed by atoms with van der Waals surface area (Å²) in [6.07, 6.45) is -0.140. The lowest BCUT2D eigenvalue weighted by molar-refractivity contribution is 0.222. The van der Waals surface area contributed by atoms with Crippen molar-refractivity contribution in [2.24, 2.45) is 0 Å². The smallest absolute Gasteiger partial charge is 0.302 e. The van der Waals surface area contributed by atoms with Crippen molar-refractivity contribution in [3.8, 4) is 0 Å². The molecule has 2 nitrogen and oxygen atoms in total. The average Bonchev–Trinajstić information content (AvgIpc) is 2.38. The summed E-state index contributed by atoms with van der Waals surface area (Å²) in [7, 11) is -1.42. The fourth-order valence-electron chi connectivity index (χ4n) is 1.72. The Hall–Kier alpha value is -1.42. The van der Waals surface area contributed by atoms with Gasteiger partial charge in [0, 0.05) is 0 Å². The molecule has 1 N–H and O–H groups in total. The number of hydrogen-bond acceptors (Lipinski definition) is 2. The maximum absolute atomic E-state index is 9.08. The average molecular weight is 230 g/mol. The Morgan fingerprint density at radius 1 is 0.812 bits per heavy atom. The zero-order valence-electron chi connectivity index (χ0n) is 8.91. The van der Waals surface area contributed by atoms with Crippen LogP contribution in [0.4, 0.5) is 0 Å². The number of hydrogen-bond donors (Lipinski definition) is 1. The van der Waals surface area contributed by atoms with Crippen LogP contribution < -0.4 is 0 Å². The Kier molecular flexibility index (Phi) is 3.88. The van der Waals surface area contributed by atoms with Gasteiger partial charge in [0.25, 0.3) is 0 Å². The molecule has 0 amide bonds. The molecule has 0 saturated carbocycles. The van der Waals surface area contributed by atoms with Gasteiger partial charge in [0.15, 0.2) is 0 Å². The molecule has 0 atom stereocenters. The van der Waals surface area contributed by atoms with Crippen molar-refractivity contribution in [3.05, 3.63) is 71.8 Å². The molecule has 0 spiro atoms. The molecule has 82 valence electrons. The van der Waals surface area contributed by atoms with Gasteiger partial charge in [0.1, 0.15) is 0 Å². The van der Waals surface area contributed by atoms with E-state index < -0.39 is 10.0 Å². The lowest BCUT2D eigenvalue weighted by atomic mass is 10.0. The van der Waals surface area contributed by atoms with Gasteiger partial charge in [-0.1, -0.05) is 60.7 Å². The first-order valence-corrected chi connectivity index (χ1v) is 6.45. The van der Waals surface area contributed by atoms with Gasteiger partial charge in [-0.25, -0.2) is 0 Å². The molecule has 2 rings (SSSR count). The van der Waals surface area contributed by atoms with Gasteiger partial charge in [0.05, 0.1) is 6.10 Å². The summed E-state index contributed by atoms with van der Waals surface area (Å²) < 4.78 is 5.51. The van der Waals surface area contributed by atoms with Gasteiger partial charge in [0.2, 0.25) is 0 Å². The van der Waals surface area contributed by atoms with Crippen LogP contribution in [0.1, 0.15) is 17.2 Å². The normalized spacial score (nSPS) is 11.4. The van der Waals surface area contributed by atoms with E-state index in [1.807, 2.05) is 60.7 Å². The monoisotopic (exact) mass is 230 g/mol. The van der Waals surface area contributed by atoms with E-state index in [4.69, 9.17) is 9.22 Å². The van der Waals surface area contributed by atoms with Crippen LogP contribution in [0.5, 0.6) is 0 Å². The van der Waals surface area contributed by atoms with E-state index in [2.05, 4.69) is 0 Å². The molecule has 0 bridgehead atoms. The summed E-state index contributed by atoms with van der Waals surface area (Å²) in [4.78, 5) is 9.08. The third-order valence-corrected chi connectivity index (χ3v) is 2.93. The molecular formula is C13H14O2Si. The largest absolute Gasteiger partial charge is 0.415 e. The van der Waals surface area contributed by atoms with Crippen molar-refractivity contribution in [1.82, 2.24) is 0 Å². The van der Waals surface area contributed by atoms with Crippen molar-refractivity contribution in [2.75, 3.05) is 0 Å². The summed E-state index contributed by atoms with van der Waals surface area (Å²) >= 11 is 0. The van der Waals surface area contributed by atoms with Gasteiger partial charge in [-0.2, -0.15) is 0 Å². The predicted molar refractivity (Wildman–Crippen MR) is 66.6 cm³/mol. The fraction of sp³-hybridized carbons (Fsp3) is 0.0769. The summed E-state index contributed by atoms with van der Waals surface area (Å²) in [5.74, 6) is 0. The topological polar surface area (TPSA) is 29.5 Å². The Morgan fingerprint density at radius 3 is 1.62 bits per heavy atom. The van der Waals surface area contributed by atoms with Crippen molar-refractivity contribution in [2.45, 2.75) is 6.10 Å². The van der Waals surface area contributed by atoms with E-state index in [9.17, 15) is 0 Å². The van der Waals surface area contributed by atoms with Crippen molar-refractivity contribution in [3.63, 3.8) is 0 Å². The van der Waals surface area contributed by atoms with Crippen LogP contribution in [0.25, 0.3) is 0 Å². The second-order valence-electron chi connectivity index (χ2n) is 3.50. The molecule has 0 aromatic heterocycles. The highest BCUT2D eigenvalue weighted by Crippen LogP contribution is 2.24. The Morgan fingerprint density at radius 2 is 1.25 bits per heavy atom. The Bertz CT molecular complexity index is 377. The van der Waals surface area contributed by atoms with E-state index >= 15 is 0 Å². The molecule has 0 fully saturated rings. The molecule has 16 heavy (non-hydrogen) atoms. The third-order valence-electron chi connectivity index (χ3n) is 2.45. The minimum absolute atomic E-state index is 0.140. The predicted octanol–water partition coefficient (Wildman–Crippen LogP) is 1.78. The van der Waals surface area contributed by atoms with Crippen molar-refractivity contribution < 1.29 is 9.22 Å². The highest BCUT2D eigenvalue weighted by molar-refractivity contribution is 6.16. The SMILES string of the molecule is O[SiH2]OC(c1ccccc1)c1ccccc1. The zero-order chi connectivity index (χ0) is 11.2. The Labute approximate surface area is 97.6 Å². The Balaban J connectivity index is 2.31. The molecule has 0 saturated heterocycles. The minimum Gasteiger partial charge on any atom is -0.415 e. The van der Waals surface area contributed by atoms with E-state index in [0.717, 1.165) is 11.1 Å². The highest BCUT2D eigenvalue weighted by Gasteiger charge is 2.12. The van der Waals surface area contributed by atoms with E-state index in [1.165, 1.54) is 0 Å². The number of benzene rings is 2. The second kappa shape index (κ2) is 5.60. The van der Waals surface area contributed by atoms with Gasteiger partial charge >= 0.3 is 10.0 Å². The van der Waals surface area contributed by atoms with E-state index in [1.54, 1.807) is 0 Å². The zero-order valence-corrected chi connectivity index (χ0v) is 10.3.